The van der Waals surface area contributed by atoms with Gasteiger partial charge in [-0.05, 0) is 25.3 Å². The second-order valence-electron chi connectivity index (χ2n) is 4.92. The van der Waals surface area contributed by atoms with Gasteiger partial charge in [0.1, 0.15) is 0 Å². The lowest BCUT2D eigenvalue weighted by molar-refractivity contribution is 0.763. The fraction of sp³-hybridized carbons (Fsp3) is 0.538. The number of nitrogens with one attached hydrogen (secondary N) is 2. The number of hydrogen-bond acceptors (Lipinski definition) is 6. The number of nitrogens with zero attached hydrogens (tertiary/aromatic N) is 5. The number of rotatable bonds is 6. The van der Waals surface area contributed by atoms with Crippen LogP contribution in [-0.4, -0.2) is 37.3 Å². The minimum absolute atomic E-state index is 0.488. The molecule has 0 amide bonds. The van der Waals surface area contributed by atoms with Crippen molar-refractivity contribution in [3.63, 3.8) is 0 Å². The summed E-state index contributed by atoms with van der Waals surface area (Å²) in [7, 11) is 0. The van der Waals surface area contributed by atoms with E-state index in [2.05, 4.69) is 37.6 Å². The molecule has 2 atom stereocenters. The smallest absolute Gasteiger partial charge is 0.257 e. The van der Waals surface area contributed by atoms with E-state index in [0.717, 1.165) is 12.5 Å². The quantitative estimate of drug-likeness (QED) is 0.834. The molecule has 2 aromatic rings. The van der Waals surface area contributed by atoms with Gasteiger partial charge < -0.3 is 10.6 Å². The lowest BCUT2D eigenvalue weighted by Crippen LogP contribution is -2.14. The summed E-state index contributed by atoms with van der Waals surface area (Å²) in [5.41, 5.74) is 0. The molecule has 1 aliphatic rings. The summed E-state index contributed by atoms with van der Waals surface area (Å²) >= 11 is 0. The first-order chi connectivity index (χ1) is 9.80. The molecular formula is C13H19N7. The van der Waals surface area contributed by atoms with E-state index in [1.54, 1.807) is 10.9 Å². The minimum Gasteiger partial charge on any atom is -0.354 e. The van der Waals surface area contributed by atoms with Crippen molar-refractivity contribution < 1.29 is 0 Å². The molecule has 7 heteroatoms. The van der Waals surface area contributed by atoms with Crippen molar-refractivity contribution in [3.8, 4) is 5.95 Å². The van der Waals surface area contributed by atoms with Gasteiger partial charge in [0.05, 0.1) is 0 Å². The summed E-state index contributed by atoms with van der Waals surface area (Å²) in [4.78, 5) is 13.2. The summed E-state index contributed by atoms with van der Waals surface area (Å²) in [6, 6.07) is 2.33. The number of anilines is 2. The largest absolute Gasteiger partial charge is 0.354 e. The van der Waals surface area contributed by atoms with Gasteiger partial charge in [-0.2, -0.15) is 20.1 Å². The van der Waals surface area contributed by atoms with Crippen LogP contribution in [0, 0.1) is 5.92 Å². The van der Waals surface area contributed by atoms with Crippen LogP contribution >= 0.6 is 0 Å². The Morgan fingerprint density at radius 1 is 1.25 bits per heavy atom. The second kappa shape index (κ2) is 5.44. The summed E-state index contributed by atoms with van der Waals surface area (Å²) in [6.45, 7) is 4.99. The van der Waals surface area contributed by atoms with Gasteiger partial charge in [-0.3, -0.25) is 0 Å². The maximum absolute atomic E-state index is 4.43. The molecule has 1 fully saturated rings. The first-order valence-corrected chi connectivity index (χ1v) is 7.06. The first-order valence-electron chi connectivity index (χ1n) is 7.06. The van der Waals surface area contributed by atoms with Crippen LogP contribution in [0.4, 0.5) is 11.9 Å². The summed E-state index contributed by atoms with van der Waals surface area (Å²) in [6.07, 6.45) is 5.91. The van der Waals surface area contributed by atoms with Crippen molar-refractivity contribution in [1.29, 1.82) is 0 Å². The molecule has 2 unspecified atom stereocenters. The predicted octanol–water partition coefficient (Wildman–Crippen LogP) is 1.70. The molecule has 2 N–H and O–H groups in total. The molecule has 7 nitrogen and oxygen atoms in total. The van der Waals surface area contributed by atoms with Crippen LogP contribution < -0.4 is 10.6 Å². The van der Waals surface area contributed by atoms with Gasteiger partial charge in [0.2, 0.25) is 11.9 Å². The van der Waals surface area contributed by atoms with Crippen molar-refractivity contribution >= 4 is 11.9 Å². The van der Waals surface area contributed by atoms with Crippen molar-refractivity contribution in [2.75, 3.05) is 17.2 Å². The van der Waals surface area contributed by atoms with Crippen molar-refractivity contribution in [3.05, 3.63) is 18.5 Å². The van der Waals surface area contributed by atoms with E-state index in [9.17, 15) is 0 Å². The van der Waals surface area contributed by atoms with Crippen LogP contribution in [0.3, 0.4) is 0 Å². The van der Waals surface area contributed by atoms with Gasteiger partial charge in [-0.1, -0.05) is 13.3 Å². The Morgan fingerprint density at radius 3 is 2.75 bits per heavy atom. The predicted molar refractivity (Wildman–Crippen MR) is 76.9 cm³/mol. The van der Waals surface area contributed by atoms with E-state index >= 15 is 0 Å². The molecule has 3 rings (SSSR count). The third kappa shape index (κ3) is 2.71. The fourth-order valence-electron chi connectivity index (χ4n) is 2.20. The Bertz CT molecular complexity index is 566. The molecule has 106 valence electrons. The van der Waals surface area contributed by atoms with Crippen molar-refractivity contribution in [2.24, 2.45) is 5.92 Å². The van der Waals surface area contributed by atoms with Gasteiger partial charge in [0.15, 0.2) is 0 Å². The number of aromatic nitrogens is 5. The SMILES string of the molecule is CCNc1nc(NC2CC2CC)nc(-n2cccn2)n1. The molecule has 20 heavy (non-hydrogen) atoms. The molecule has 2 heterocycles. The zero-order valence-electron chi connectivity index (χ0n) is 11.7. The Morgan fingerprint density at radius 2 is 2.10 bits per heavy atom. The van der Waals surface area contributed by atoms with Gasteiger partial charge in [-0.25, -0.2) is 4.68 Å². The van der Waals surface area contributed by atoms with E-state index in [-0.39, 0.29) is 0 Å². The van der Waals surface area contributed by atoms with Crippen molar-refractivity contribution in [2.45, 2.75) is 32.7 Å². The lowest BCUT2D eigenvalue weighted by atomic mass is 10.3. The van der Waals surface area contributed by atoms with E-state index in [4.69, 9.17) is 0 Å². The van der Waals surface area contributed by atoms with Gasteiger partial charge in [-0.15, -0.1) is 0 Å². The van der Waals surface area contributed by atoms with Crippen LogP contribution in [-0.2, 0) is 0 Å². The molecular weight excluding hydrogens is 254 g/mol. The average molecular weight is 273 g/mol. The highest BCUT2D eigenvalue weighted by Gasteiger charge is 2.35. The topological polar surface area (TPSA) is 80.5 Å². The summed E-state index contributed by atoms with van der Waals surface area (Å²) in [5.74, 6) is 2.45. The maximum Gasteiger partial charge on any atom is 0.257 e. The molecule has 0 spiro atoms. The fourth-order valence-corrected chi connectivity index (χ4v) is 2.20. The zero-order chi connectivity index (χ0) is 13.9. The molecule has 2 aromatic heterocycles. The minimum atomic E-state index is 0.488. The molecule has 0 radical (unpaired) electrons. The Hall–Kier alpha value is -2.18. The monoisotopic (exact) mass is 273 g/mol. The van der Waals surface area contributed by atoms with E-state index in [1.165, 1.54) is 12.8 Å². The summed E-state index contributed by atoms with van der Waals surface area (Å²) in [5, 5.41) is 10.7. The third-order valence-electron chi connectivity index (χ3n) is 3.43. The van der Waals surface area contributed by atoms with Crippen LogP contribution in [0.5, 0.6) is 0 Å². The summed E-state index contributed by atoms with van der Waals surface area (Å²) < 4.78 is 1.64. The van der Waals surface area contributed by atoms with Crippen LogP contribution in [0.1, 0.15) is 26.7 Å². The van der Waals surface area contributed by atoms with Crippen LogP contribution in [0.2, 0.25) is 0 Å². The molecule has 0 aliphatic heterocycles. The molecule has 0 bridgehead atoms. The first kappa shape index (κ1) is 12.8. The normalized spacial score (nSPS) is 20.7. The van der Waals surface area contributed by atoms with Crippen molar-refractivity contribution in [1.82, 2.24) is 24.7 Å². The maximum atomic E-state index is 4.43. The molecule has 1 saturated carbocycles. The van der Waals surface area contributed by atoms with Gasteiger partial charge in [0.25, 0.3) is 5.95 Å². The molecule has 0 aromatic carbocycles. The van der Waals surface area contributed by atoms with E-state index in [0.29, 0.717) is 23.9 Å². The Labute approximate surface area is 117 Å². The Balaban J connectivity index is 1.85. The lowest BCUT2D eigenvalue weighted by Gasteiger charge is -2.09. The van der Waals surface area contributed by atoms with Crippen LogP contribution in [0.15, 0.2) is 18.5 Å². The Kier molecular flexibility index (Phi) is 3.49. The molecule has 0 saturated heterocycles. The highest BCUT2D eigenvalue weighted by molar-refractivity contribution is 5.39. The molecule has 1 aliphatic carbocycles. The van der Waals surface area contributed by atoms with E-state index < -0.39 is 0 Å². The standard InChI is InChI=1S/C13H19N7/c1-3-9-8-10(9)16-12-17-11(14-4-2)18-13(19-12)20-7-5-6-15-20/h5-7,9-10H,3-4,8H2,1-2H3,(H2,14,16,17,18,19). The van der Waals surface area contributed by atoms with E-state index in [1.807, 2.05) is 19.2 Å². The zero-order valence-corrected chi connectivity index (χ0v) is 11.7. The van der Waals surface area contributed by atoms with Crippen LogP contribution in [0.25, 0.3) is 5.95 Å². The average Bonchev–Trinajstić information content (AvgIpc) is 2.98. The highest BCUT2D eigenvalue weighted by Crippen LogP contribution is 2.35. The second-order valence-corrected chi connectivity index (χ2v) is 4.92. The van der Waals surface area contributed by atoms with Gasteiger partial charge >= 0.3 is 0 Å². The number of hydrogen-bond donors (Lipinski definition) is 2. The highest BCUT2D eigenvalue weighted by atomic mass is 15.4. The van der Waals surface area contributed by atoms with Gasteiger partial charge in [0, 0.05) is 25.0 Å². The third-order valence-corrected chi connectivity index (χ3v) is 3.43.